The van der Waals surface area contributed by atoms with E-state index in [4.69, 9.17) is 31.0 Å². The van der Waals surface area contributed by atoms with Gasteiger partial charge >= 0.3 is 0 Å². The van der Waals surface area contributed by atoms with Gasteiger partial charge in [0.25, 0.3) is 5.56 Å². The molecule has 41 heavy (non-hydrogen) atoms. The van der Waals surface area contributed by atoms with Crippen molar-refractivity contribution in [2.75, 3.05) is 31.7 Å². The molecular formula is C33H29ClN4O3. The number of hydrogen-bond donors (Lipinski definition) is 0. The standard InChI is InChI=1S/C33H29ClN4O3/c1-37-32(39)20-29(36-33(37)38-15-16-41-31(21-38)26-14-13-25(34)19-30(26)40-2)24-17-27(22-9-5-3-6-10-22)35-28(18-24)23-11-7-4-8-12-23/h3-14,17-20,31H,15-16,21H2,1-2H3/t31-/m1/s1. The fourth-order valence-electron chi connectivity index (χ4n) is 5.12. The van der Waals surface area contributed by atoms with Gasteiger partial charge in [-0.05, 0) is 24.3 Å². The molecular weight excluding hydrogens is 536 g/mol. The quantitative estimate of drug-likeness (QED) is 0.237. The number of methoxy groups -OCH3 is 1. The van der Waals surface area contributed by atoms with Gasteiger partial charge in [0.15, 0.2) is 0 Å². The summed E-state index contributed by atoms with van der Waals surface area (Å²) in [6.45, 7) is 1.57. The lowest BCUT2D eigenvalue weighted by atomic mass is 10.0. The van der Waals surface area contributed by atoms with Crippen LogP contribution in [0.5, 0.6) is 5.75 Å². The Morgan fingerprint density at radius 2 is 1.46 bits per heavy atom. The lowest BCUT2D eigenvalue weighted by Crippen LogP contribution is -2.41. The summed E-state index contributed by atoms with van der Waals surface area (Å²) < 4.78 is 13.3. The van der Waals surface area contributed by atoms with Crippen LogP contribution in [-0.4, -0.2) is 41.3 Å². The minimum Gasteiger partial charge on any atom is -0.496 e. The van der Waals surface area contributed by atoms with E-state index in [0.717, 1.165) is 33.6 Å². The molecule has 7 nitrogen and oxygen atoms in total. The van der Waals surface area contributed by atoms with Crippen LogP contribution in [0, 0.1) is 0 Å². The van der Waals surface area contributed by atoms with Gasteiger partial charge in [0.2, 0.25) is 5.95 Å². The number of hydrogen-bond acceptors (Lipinski definition) is 6. The molecule has 0 saturated carbocycles. The van der Waals surface area contributed by atoms with Crippen molar-refractivity contribution in [1.82, 2.24) is 14.5 Å². The highest BCUT2D eigenvalue weighted by molar-refractivity contribution is 6.30. The average Bonchev–Trinajstić information content (AvgIpc) is 3.03. The Bertz CT molecular complexity index is 1680. The third kappa shape index (κ3) is 5.59. The summed E-state index contributed by atoms with van der Waals surface area (Å²) in [6, 6.07) is 31.2. The zero-order chi connectivity index (χ0) is 28.3. The van der Waals surface area contributed by atoms with E-state index >= 15 is 0 Å². The van der Waals surface area contributed by atoms with E-state index in [1.54, 1.807) is 30.9 Å². The van der Waals surface area contributed by atoms with Crippen LogP contribution in [0.2, 0.25) is 5.02 Å². The van der Waals surface area contributed by atoms with Gasteiger partial charge in [-0.1, -0.05) is 78.3 Å². The second kappa shape index (κ2) is 11.6. The van der Waals surface area contributed by atoms with Crippen LogP contribution in [0.15, 0.2) is 102 Å². The molecule has 0 bridgehead atoms. The molecule has 5 aromatic rings. The Morgan fingerprint density at radius 3 is 2.10 bits per heavy atom. The van der Waals surface area contributed by atoms with E-state index in [2.05, 4.69) is 4.90 Å². The Kier molecular flexibility index (Phi) is 7.55. The summed E-state index contributed by atoms with van der Waals surface area (Å²) in [6.07, 6.45) is -0.271. The maximum Gasteiger partial charge on any atom is 0.255 e. The number of ether oxygens (including phenoxy) is 2. The molecule has 1 fully saturated rings. The Balaban J connectivity index is 1.42. The second-order valence-electron chi connectivity index (χ2n) is 9.89. The molecule has 0 amide bonds. The van der Waals surface area contributed by atoms with Crippen LogP contribution in [0.25, 0.3) is 33.8 Å². The van der Waals surface area contributed by atoms with Gasteiger partial charge in [-0.25, -0.2) is 9.97 Å². The van der Waals surface area contributed by atoms with Crippen molar-refractivity contribution in [2.45, 2.75) is 6.10 Å². The van der Waals surface area contributed by atoms with Crippen molar-refractivity contribution in [3.05, 3.63) is 118 Å². The third-order valence-electron chi connectivity index (χ3n) is 7.26. The smallest absolute Gasteiger partial charge is 0.255 e. The summed E-state index contributed by atoms with van der Waals surface area (Å²) >= 11 is 6.19. The second-order valence-corrected chi connectivity index (χ2v) is 10.3. The zero-order valence-corrected chi connectivity index (χ0v) is 23.6. The first-order valence-corrected chi connectivity index (χ1v) is 13.8. The molecule has 6 rings (SSSR count). The molecule has 0 unspecified atom stereocenters. The van der Waals surface area contributed by atoms with Crippen molar-refractivity contribution >= 4 is 17.5 Å². The summed E-state index contributed by atoms with van der Waals surface area (Å²) in [5.74, 6) is 1.24. The monoisotopic (exact) mass is 564 g/mol. The molecule has 1 aliphatic rings. The van der Waals surface area contributed by atoms with Crippen molar-refractivity contribution in [3.8, 4) is 39.5 Å². The number of benzene rings is 3. The highest BCUT2D eigenvalue weighted by Crippen LogP contribution is 2.34. The molecule has 1 atom stereocenters. The van der Waals surface area contributed by atoms with Gasteiger partial charge in [0, 0.05) is 46.9 Å². The van der Waals surface area contributed by atoms with E-state index in [1.807, 2.05) is 84.9 Å². The fraction of sp³-hybridized carbons (Fsp3) is 0.182. The minimum atomic E-state index is -0.271. The van der Waals surface area contributed by atoms with Crippen molar-refractivity contribution in [3.63, 3.8) is 0 Å². The van der Waals surface area contributed by atoms with E-state index in [1.165, 1.54) is 0 Å². The number of aromatic nitrogens is 3. The summed E-state index contributed by atoms with van der Waals surface area (Å²) in [4.78, 5) is 25.4. The van der Waals surface area contributed by atoms with Crippen LogP contribution in [0.4, 0.5) is 5.95 Å². The van der Waals surface area contributed by atoms with Crippen LogP contribution in [0.3, 0.4) is 0 Å². The van der Waals surface area contributed by atoms with Crippen LogP contribution in [-0.2, 0) is 11.8 Å². The lowest BCUT2D eigenvalue weighted by Gasteiger charge is -2.35. The summed E-state index contributed by atoms with van der Waals surface area (Å²) in [7, 11) is 3.37. The SMILES string of the molecule is COc1cc(Cl)ccc1[C@H]1CN(c2nc(-c3cc(-c4ccccc4)nc(-c4ccccc4)c3)cc(=O)n2C)CCO1. The fourth-order valence-corrected chi connectivity index (χ4v) is 5.28. The minimum absolute atomic E-state index is 0.142. The summed E-state index contributed by atoms with van der Waals surface area (Å²) in [5.41, 5.74) is 5.77. The molecule has 1 saturated heterocycles. The number of anilines is 1. The highest BCUT2D eigenvalue weighted by Gasteiger charge is 2.27. The van der Waals surface area contributed by atoms with Crippen LogP contribution < -0.4 is 15.2 Å². The largest absolute Gasteiger partial charge is 0.496 e. The van der Waals surface area contributed by atoms with Gasteiger partial charge in [0.1, 0.15) is 11.9 Å². The predicted molar refractivity (Wildman–Crippen MR) is 162 cm³/mol. The van der Waals surface area contributed by atoms with Gasteiger partial charge in [-0.3, -0.25) is 9.36 Å². The van der Waals surface area contributed by atoms with Crippen molar-refractivity contribution in [2.24, 2.45) is 7.05 Å². The number of nitrogens with zero attached hydrogens (tertiary/aromatic N) is 4. The molecule has 206 valence electrons. The molecule has 0 aliphatic carbocycles. The van der Waals surface area contributed by atoms with E-state index in [-0.39, 0.29) is 11.7 Å². The molecule has 0 N–H and O–H groups in total. The first-order chi connectivity index (χ1) is 20.0. The highest BCUT2D eigenvalue weighted by atomic mass is 35.5. The van der Waals surface area contributed by atoms with Gasteiger partial charge < -0.3 is 14.4 Å². The molecule has 1 aliphatic heterocycles. The topological polar surface area (TPSA) is 69.5 Å². The number of rotatable bonds is 6. The Hall–Kier alpha value is -4.46. The maximum atomic E-state index is 13.3. The lowest BCUT2D eigenvalue weighted by molar-refractivity contribution is 0.0374. The van der Waals surface area contributed by atoms with E-state index in [9.17, 15) is 4.79 Å². The number of pyridine rings is 1. The molecule has 3 aromatic carbocycles. The van der Waals surface area contributed by atoms with Crippen molar-refractivity contribution in [1.29, 1.82) is 0 Å². The number of halogens is 1. The van der Waals surface area contributed by atoms with Crippen LogP contribution in [0.1, 0.15) is 11.7 Å². The molecule has 2 aromatic heterocycles. The molecule has 8 heteroatoms. The van der Waals surface area contributed by atoms with Gasteiger partial charge in [-0.2, -0.15) is 0 Å². The average molecular weight is 565 g/mol. The molecule has 0 radical (unpaired) electrons. The number of morpholine rings is 1. The first-order valence-electron chi connectivity index (χ1n) is 13.4. The van der Waals surface area contributed by atoms with Gasteiger partial charge in [-0.15, -0.1) is 0 Å². The zero-order valence-electron chi connectivity index (χ0n) is 22.8. The first kappa shape index (κ1) is 26.7. The predicted octanol–water partition coefficient (Wildman–Crippen LogP) is 6.42. The van der Waals surface area contributed by atoms with Gasteiger partial charge in [0.05, 0.1) is 37.3 Å². The normalized spacial score (nSPS) is 15.1. The third-order valence-corrected chi connectivity index (χ3v) is 7.50. The Morgan fingerprint density at radius 1 is 0.829 bits per heavy atom. The maximum absolute atomic E-state index is 13.3. The molecule has 0 spiro atoms. The van der Waals surface area contributed by atoms with Crippen molar-refractivity contribution < 1.29 is 9.47 Å². The summed E-state index contributed by atoms with van der Waals surface area (Å²) in [5, 5.41) is 0.595. The molecule has 3 heterocycles. The Labute approximate surface area is 243 Å². The van der Waals surface area contributed by atoms with E-state index < -0.39 is 0 Å². The van der Waals surface area contributed by atoms with E-state index in [0.29, 0.717) is 42.1 Å². The van der Waals surface area contributed by atoms with Crippen LogP contribution >= 0.6 is 11.6 Å².